The number of hydrazone groups is 1. The minimum Gasteiger partial charge on any atom is -0.496 e. The van der Waals surface area contributed by atoms with E-state index in [4.69, 9.17) is 9.72 Å². The molecule has 1 N–H and O–H groups in total. The van der Waals surface area contributed by atoms with Crippen molar-refractivity contribution < 1.29 is 4.74 Å². The van der Waals surface area contributed by atoms with Gasteiger partial charge >= 0.3 is 0 Å². The number of anilines is 1. The number of nitrogens with one attached hydrogen (secondary N) is 1. The van der Waals surface area contributed by atoms with Gasteiger partial charge in [0.2, 0.25) is 5.13 Å². The molecule has 0 spiro atoms. The van der Waals surface area contributed by atoms with Crippen LogP contribution >= 0.6 is 11.3 Å². The molecule has 0 fully saturated rings. The summed E-state index contributed by atoms with van der Waals surface area (Å²) in [6, 6.07) is 26.5. The highest BCUT2D eigenvalue weighted by Gasteiger charge is 2.14. The fraction of sp³-hybridized carbons (Fsp3) is 0.0833. The molecule has 0 atom stereocenters. The molecule has 29 heavy (non-hydrogen) atoms. The lowest BCUT2D eigenvalue weighted by molar-refractivity contribution is 0.414. The van der Waals surface area contributed by atoms with Crippen LogP contribution in [0, 0.1) is 6.92 Å². The number of nitrogens with zero attached hydrogens (tertiary/aromatic N) is 2. The van der Waals surface area contributed by atoms with Crippen LogP contribution in [0.15, 0.2) is 84.0 Å². The Labute approximate surface area is 174 Å². The molecule has 144 valence electrons. The summed E-state index contributed by atoms with van der Waals surface area (Å²) in [5, 5.41) is 5.11. The zero-order chi connectivity index (χ0) is 20.1. The summed E-state index contributed by atoms with van der Waals surface area (Å²) in [5.41, 5.74) is 8.39. The third kappa shape index (κ3) is 4.36. The van der Waals surface area contributed by atoms with Gasteiger partial charge in [-0.15, -0.1) is 0 Å². The summed E-state index contributed by atoms with van der Waals surface area (Å²) in [6.45, 7) is 2.09. The minimum atomic E-state index is 0.741. The quantitative estimate of drug-likeness (QED) is 0.308. The van der Waals surface area contributed by atoms with E-state index in [1.807, 2.05) is 42.5 Å². The molecule has 0 saturated carbocycles. The minimum absolute atomic E-state index is 0.741. The van der Waals surface area contributed by atoms with Crippen molar-refractivity contribution in [1.29, 1.82) is 0 Å². The number of aryl methyl sites for hydroxylation is 1. The van der Waals surface area contributed by atoms with Gasteiger partial charge in [0.25, 0.3) is 0 Å². The summed E-state index contributed by atoms with van der Waals surface area (Å²) < 4.78 is 5.36. The highest BCUT2D eigenvalue weighted by Crippen LogP contribution is 2.39. The van der Waals surface area contributed by atoms with Gasteiger partial charge in [-0.3, -0.25) is 5.43 Å². The molecule has 4 rings (SSSR count). The number of thiazole rings is 1. The van der Waals surface area contributed by atoms with Crippen LogP contribution in [0.25, 0.3) is 21.7 Å². The topological polar surface area (TPSA) is 46.5 Å². The second kappa shape index (κ2) is 8.71. The average molecular weight is 400 g/mol. The van der Waals surface area contributed by atoms with Crippen molar-refractivity contribution in [2.75, 3.05) is 12.5 Å². The predicted octanol–water partition coefficient (Wildman–Crippen LogP) is 6.24. The van der Waals surface area contributed by atoms with E-state index in [1.165, 1.54) is 5.56 Å². The highest BCUT2D eigenvalue weighted by atomic mass is 32.1. The van der Waals surface area contributed by atoms with Crippen molar-refractivity contribution in [3.63, 3.8) is 0 Å². The van der Waals surface area contributed by atoms with Crippen molar-refractivity contribution in [2.45, 2.75) is 6.92 Å². The summed E-state index contributed by atoms with van der Waals surface area (Å²) in [6.07, 6.45) is 1.74. The van der Waals surface area contributed by atoms with Crippen LogP contribution in [0.3, 0.4) is 0 Å². The molecule has 0 saturated heterocycles. The van der Waals surface area contributed by atoms with Crippen molar-refractivity contribution >= 4 is 22.7 Å². The Bertz CT molecular complexity index is 1120. The van der Waals surface area contributed by atoms with E-state index in [9.17, 15) is 0 Å². The van der Waals surface area contributed by atoms with Crippen LogP contribution in [0.4, 0.5) is 5.13 Å². The van der Waals surface area contributed by atoms with Gasteiger partial charge in [0, 0.05) is 11.1 Å². The van der Waals surface area contributed by atoms with Gasteiger partial charge in [0.15, 0.2) is 0 Å². The smallest absolute Gasteiger partial charge is 0.204 e. The largest absolute Gasteiger partial charge is 0.496 e. The molecule has 0 amide bonds. The molecule has 1 aromatic heterocycles. The fourth-order valence-corrected chi connectivity index (χ4v) is 3.93. The SMILES string of the molecule is COc1ccccc1/C=N\Nc1nc(-c2ccc(C)cc2)c(-c2ccccc2)s1. The molecule has 4 nitrogen and oxygen atoms in total. The number of ether oxygens (including phenoxy) is 1. The molecule has 0 aliphatic rings. The first-order valence-electron chi connectivity index (χ1n) is 9.30. The Hall–Kier alpha value is -3.44. The van der Waals surface area contributed by atoms with E-state index in [0.717, 1.165) is 38.1 Å². The summed E-state index contributed by atoms with van der Waals surface area (Å²) in [7, 11) is 1.65. The monoisotopic (exact) mass is 399 g/mol. The third-order valence-corrected chi connectivity index (χ3v) is 5.50. The van der Waals surface area contributed by atoms with Gasteiger partial charge in [-0.05, 0) is 24.6 Å². The lowest BCUT2D eigenvalue weighted by atomic mass is 10.1. The van der Waals surface area contributed by atoms with Crippen LogP contribution in [0.5, 0.6) is 5.75 Å². The fourth-order valence-electron chi connectivity index (χ4n) is 2.99. The molecule has 0 aliphatic heterocycles. The lowest BCUT2D eigenvalue weighted by Gasteiger charge is -2.03. The lowest BCUT2D eigenvalue weighted by Crippen LogP contribution is -1.93. The Morgan fingerprint density at radius 2 is 1.62 bits per heavy atom. The summed E-state index contributed by atoms with van der Waals surface area (Å²) in [4.78, 5) is 5.94. The number of para-hydroxylation sites is 1. The van der Waals surface area contributed by atoms with Gasteiger partial charge in [-0.2, -0.15) is 5.10 Å². The standard InChI is InChI=1S/C24H21N3OS/c1-17-12-14-18(15-13-17)22-23(19-8-4-3-5-9-19)29-24(26-22)27-25-16-20-10-6-7-11-21(20)28-2/h3-16H,1-2H3,(H,26,27)/b25-16-. The first-order chi connectivity index (χ1) is 14.2. The molecule has 0 radical (unpaired) electrons. The first kappa shape index (κ1) is 18.9. The summed E-state index contributed by atoms with van der Waals surface area (Å²) >= 11 is 1.59. The summed E-state index contributed by atoms with van der Waals surface area (Å²) in [5.74, 6) is 0.780. The van der Waals surface area contributed by atoms with Crippen LogP contribution < -0.4 is 10.2 Å². The maximum absolute atomic E-state index is 5.36. The normalized spacial score (nSPS) is 11.0. The van der Waals surface area contributed by atoms with E-state index in [-0.39, 0.29) is 0 Å². The van der Waals surface area contributed by atoms with E-state index >= 15 is 0 Å². The number of aromatic nitrogens is 1. The first-order valence-corrected chi connectivity index (χ1v) is 10.1. The Kier molecular flexibility index (Phi) is 5.68. The molecule has 0 bridgehead atoms. The number of hydrogen-bond acceptors (Lipinski definition) is 5. The molecule has 3 aromatic carbocycles. The number of hydrogen-bond donors (Lipinski definition) is 1. The van der Waals surface area contributed by atoms with Gasteiger partial charge in [-0.1, -0.05) is 83.6 Å². The molecule has 1 heterocycles. The molecule has 0 unspecified atom stereocenters. The van der Waals surface area contributed by atoms with E-state index in [2.05, 4.69) is 53.8 Å². The second-order valence-electron chi connectivity index (χ2n) is 6.54. The molecule has 4 aromatic rings. The average Bonchev–Trinajstić information content (AvgIpc) is 3.19. The number of benzene rings is 3. The number of methoxy groups -OCH3 is 1. The highest BCUT2D eigenvalue weighted by molar-refractivity contribution is 7.19. The van der Waals surface area contributed by atoms with Crippen molar-refractivity contribution in [1.82, 2.24) is 4.98 Å². The maximum atomic E-state index is 5.36. The Morgan fingerprint density at radius 1 is 0.897 bits per heavy atom. The molecule has 5 heteroatoms. The van der Waals surface area contributed by atoms with Crippen molar-refractivity contribution in [3.8, 4) is 27.4 Å². The van der Waals surface area contributed by atoms with E-state index in [0.29, 0.717) is 0 Å². The van der Waals surface area contributed by atoms with Crippen molar-refractivity contribution in [2.24, 2.45) is 5.10 Å². The molecule has 0 aliphatic carbocycles. The van der Waals surface area contributed by atoms with Crippen LogP contribution in [0.1, 0.15) is 11.1 Å². The van der Waals surface area contributed by atoms with Gasteiger partial charge < -0.3 is 4.74 Å². The van der Waals surface area contributed by atoms with Crippen LogP contribution in [-0.4, -0.2) is 18.3 Å². The van der Waals surface area contributed by atoms with E-state index in [1.54, 1.807) is 24.7 Å². The Balaban J connectivity index is 1.66. The molecular weight excluding hydrogens is 378 g/mol. The maximum Gasteiger partial charge on any atom is 0.204 e. The third-order valence-electron chi connectivity index (χ3n) is 4.49. The zero-order valence-corrected chi connectivity index (χ0v) is 17.1. The Morgan fingerprint density at radius 3 is 2.38 bits per heavy atom. The van der Waals surface area contributed by atoms with Crippen LogP contribution in [-0.2, 0) is 0 Å². The van der Waals surface area contributed by atoms with Crippen molar-refractivity contribution in [3.05, 3.63) is 90.0 Å². The predicted molar refractivity (Wildman–Crippen MR) is 122 cm³/mol. The molecular formula is C24H21N3OS. The van der Waals surface area contributed by atoms with Crippen LogP contribution in [0.2, 0.25) is 0 Å². The van der Waals surface area contributed by atoms with E-state index < -0.39 is 0 Å². The van der Waals surface area contributed by atoms with Gasteiger partial charge in [-0.25, -0.2) is 4.98 Å². The van der Waals surface area contributed by atoms with Gasteiger partial charge in [0.05, 0.1) is 23.9 Å². The number of rotatable bonds is 6. The zero-order valence-electron chi connectivity index (χ0n) is 16.3. The second-order valence-corrected chi connectivity index (χ2v) is 7.54. The van der Waals surface area contributed by atoms with Gasteiger partial charge in [0.1, 0.15) is 5.75 Å².